The van der Waals surface area contributed by atoms with Crippen LogP contribution in [0.5, 0.6) is 17.4 Å². The Balaban J connectivity index is 1.53. The maximum atomic E-state index is 12.7. The van der Waals surface area contributed by atoms with E-state index in [0.29, 0.717) is 45.0 Å². The number of ether oxygens (including phenoxy) is 2. The van der Waals surface area contributed by atoms with Crippen LogP contribution in [0, 0.1) is 0 Å². The van der Waals surface area contributed by atoms with Crippen molar-refractivity contribution < 1.29 is 19.1 Å². The predicted molar refractivity (Wildman–Crippen MR) is 143 cm³/mol. The average Bonchev–Trinajstić information content (AvgIpc) is 3.26. The molecule has 2 aromatic heterocycles. The van der Waals surface area contributed by atoms with Gasteiger partial charge >= 0.3 is 0 Å². The SMILES string of the molecule is CCCCC(=O)Nc1nc2ccc(Oc3cc(NC(=O)c4cccc(Cl)c4Cl)ccc3OC)nc2s1. The van der Waals surface area contributed by atoms with E-state index >= 15 is 0 Å². The van der Waals surface area contributed by atoms with Crippen molar-refractivity contribution in [1.82, 2.24) is 9.97 Å². The van der Waals surface area contributed by atoms with E-state index in [-0.39, 0.29) is 21.5 Å². The second-order valence-corrected chi connectivity index (χ2v) is 9.43. The Morgan fingerprint density at radius 3 is 2.64 bits per heavy atom. The molecule has 2 heterocycles. The molecular formula is C25H22Cl2N4O4S. The molecule has 0 atom stereocenters. The maximum Gasteiger partial charge on any atom is 0.257 e. The van der Waals surface area contributed by atoms with Gasteiger partial charge in [-0.25, -0.2) is 9.97 Å². The summed E-state index contributed by atoms with van der Waals surface area (Å²) in [5, 5.41) is 6.54. The van der Waals surface area contributed by atoms with Crippen molar-refractivity contribution in [3.8, 4) is 17.4 Å². The minimum Gasteiger partial charge on any atom is -0.493 e. The zero-order chi connectivity index (χ0) is 25.7. The Labute approximate surface area is 221 Å². The van der Waals surface area contributed by atoms with Gasteiger partial charge in [0.05, 0.1) is 22.7 Å². The average molecular weight is 545 g/mol. The van der Waals surface area contributed by atoms with Gasteiger partial charge in [0, 0.05) is 24.2 Å². The number of nitrogens with one attached hydrogen (secondary N) is 2. The molecule has 0 aliphatic heterocycles. The maximum absolute atomic E-state index is 12.7. The van der Waals surface area contributed by atoms with Crippen molar-refractivity contribution in [1.29, 1.82) is 0 Å². The Kier molecular flexibility index (Phi) is 8.25. The number of methoxy groups -OCH3 is 1. The molecule has 2 N–H and O–H groups in total. The molecule has 2 amide bonds. The molecule has 0 aliphatic rings. The highest BCUT2D eigenvalue weighted by molar-refractivity contribution is 7.21. The fourth-order valence-electron chi connectivity index (χ4n) is 3.25. The molecule has 186 valence electrons. The molecule has 0 spiro atoms. The molecule has 8 nitrogen and oxygen atoms in total. The highest BCUT2D eigenvalue weighted by Gasteiger charge is 2.16. The number of carbonyl (C=O) groups excluding carboxylic acids is 2. The first kappa shape index (κ1) is 25.7. The minimum absolute atomic E-state index is 0.0740. The predicted octanol–water partition coefficient (Wildman–Crippen LogP) is 7.18. The highest BCUT2D eigenvalue weighted by Crippen LogP contribution is 2.35. The fourth-order valence-corrected chi connectivity index (χ4v) is 4.49. The number of benzene rings is 2. The summed E-state index contributed by atoms with van der Waals surface area (Å²) < 4.78 is 11.4. The number of anilines is 2. The standard InChI is InChI=1S/C25H22Cl2N4O4S/c1-3-4-8-20(32)30-25-29-17-10-12-21(31-24(17)36-25)35-19-13-14(9-11-18(19)34-2)28-23(33)15-6-5-7-16(26)22(15)27/h5-7,9-13H,3-4,8H2,1-2H3,(H,28,33)(H,29,30,32). The lowest BCUT2D eigenvalue weighted by Gasteiger charge is -2.13. The number of pyridine rings is 1. The quantitative estimate of drug-likeness (QED) is 0.231. The second kappa shape index (κ2) is 11.6. The number of halogens is 2. The number of nitrogens with zero attached hydrogens (tertiary/aromatic N) is 2. The van der Waals surface area contributed by atoms with Gasteiger partial charge in [0.15, 0.2) is 16.6 Å². The molecule has 0 saturated carbocycles. The third kappa shape index (κ3) is 6.04. The van der Waals surface area contributed by atoms with Gasteiger partial charge in [-0.1, -0.05) is 53.9 Å². The van der Waals surface area contributed by atoms with Crippen LogP contribution in [0.4, 0.5) is 10.8 Å². The van der Waals surface area contributed by atoms with Gasteiger partial charge in [0.1, 0.15) is 10.3 Å². The first-order chi connectivity index (χ1) is 17.4. The van der Waals surface area contributed by atoms with Gasteiger partial charge in [0.25, 0.3) is 5.91 Å². The fraction of sp³-hybridized carbons (Fsp3) is 0.200. The molecular weight excluding hydrogens is 523 g/mol. The number of fused-ring (bicyclic) bond motifs is 1. The lowest BCUT2D eigenvalue weighted by atomic mass is 10.2. The third-order valence-electron chi connectivity index (χ3n) is 5.07. The van der Waals surface area contributed by atoms with Gasteiger partial charge in [-0.05, 0) is 36.8 Å². The van der Waals surface area contributed by atoms with Crippen molar-refractivity contribution >= 4 is 67.5 Å². The molecule has 0 aliphatic carbocycles. The molecule has 4 aromatic rings. The molecule has 2 aromatic carbocycles. The Morgan fingerprint density at radius 2 is 1.86 bits per heavy atom. The summed E-state index contributed by atoms with van der Waals surface area (Å²) in [7, 11) is 1.51. The van der Waals surface area contributed by atoms with Gasteiger partial charge in [-0.3, -0.25) is 9.59 Å². The van der Waals surface area contributed by atoms with Crippen LogP contribution in [-0.4, -0.2) is 28.9 Å². The van der Waals surface area contributed by atoms with Crippen LogP contribution in [0.1, 0.15) is 36.5 Å². The Morgan fingerprint density at radius 1 is 1.03 bits per heavy atom. The van der Waals surface area contributed by atoms with E-state index in [4.69, 9.17) is 32.7 Å². The molecule has 11 heteroatoms. The van der Waals surface area contributed by atoms with E-state index < -0.39 is 5.91 Å². The number of hydrogen-bond acceptors (Lipinski definition) is 7. The molecule has 0 radical (unpaired) electrons. The van der Waals surface area contributed by atoms with Gasteiger partial charge in [-0.15, -0.1) is 0 Å². The summed E-state index contributed by atoms with van der Waals surface area (Å²) in [5.74, 6) is 0.599. The molecule has 0 saturated heterocycles. The minimum atomic E-state index is -0.420. The largest absolute Gasteiger partial charge is 0.493 e. The van der Waals surface area contributed by atoms with E-state index in [1.165, 1.54) is 18.4 Å². The molecule has 0 bridgehead atoms. The van der Waals surface area contributed by atoms with E-state index in [0.717, 1.165) is 12.8 Å². The van der Waals surface area contributed by atoms with E-state index in [9.17, 15) is 9.59 Å². The summed E-state index contributed by atoms with van der Waals surface area (Å²) in [6.07, 6.45) is 2.21. The van der Waals surface area contributed by atoms with Crippen molar-refractivity contribution in [2.24, 2.45) is 0 Å². The van der Waals surface area contributed by atoms with Crippen LogP contribution in [0.2, 0.25) is 10.0 Å². The number of carbonyl (C=O) groups is 2. The topological polar surface area (TPSA) is 102 Å². The summed E-state index contributed by atoms with van der Waals surface area (Å²) in [4.78, 5) is 34.3. The molecule has 36 heavy (non-hydrogen) atoms. The van der Waals surface area contributed by atoms with E-state index in [1.54, 1.807) is 48.5 Å². The lowest BCUT2D eigenvalue weighted by Crippen LogP contribution is -2.12. The summed E-state index contributed by atoms with van der Waals surface area (Å²) >= 11 is 13.5. The smallest absolute Gasteiger partial charge is 0.257 e. The normalized spacial score (nSPS) is 10.8. The van der Waals surface area contributed by atoms with Crippen LogP contribution < -0.4 is 20.1 Å². The first-order valence-corrected chi connectivity index (χ1v) is 12.6. The number of thiazole rings is 1. The van der Waals surface area contributed by atoms with Crippen molar-refractivity contribution in [2.75, 3.05) is 17.7 Å². The van der Waals surface area contributed by atoms with Crippen LogP contribution in [0.25, 0.3) is 10.3 Å². The lowest BCUT2D eigenvalue weighted by molar-refractivity contribution is -0.116. The molecule has 0 fully saturated rings. The van der Waals surface area contributed by atoms with Gasteiger partial charge < -0.3 is 20.1 Å². The molecule has 0 unspecified atom stereocenters. The number of unbranched alkanes of at least 4 members (excludes halogenated alkanes) is 1. The summed E-state index contributed by atoms with van der Waals surface area (Å²) in [5.41, 5.74) is 1.35. The number of amides is 2. The van der Waals surface area contributed by atoms with Crippen LogP contribution in [0.15, 0.2) is 48.5 Å². The zero-order valence-corrected chi connectivity index (χ0v) is 21.8. The third-order valence-corrected chi connectivity index (χ3v) is 6.77. The Bertz CT molecular complexity index is 1430. The van der Waals surface area contributed by atoms with Crippen molar-refractivity contribution in [3.05, 3.63) is 64.1 Å². The van der Waals surface area contributed by atoms with Gasteiger partial charge in [-0.2, -0.15) is 0 Å². The number of aromatic nitrogens is 2. The summed E-state index contributed by atoms with van der Waals surface area (Å²) in [6, 6.07) is 13.2. The molecule has 4 rings (SSSR count). The van der Waals surface area contributed by atoms with Crippen molar-refractivity contribution in [2.45, 2.75) is 26.2 Å². The zero-order valence-electron chi connectivity index (χ0n) is 19.4. The number of rotatable bonds is 9. The van der Waals surface area contributed by atoms with E-state index in [2.05, 4.69) is 20.6 Å². The second-order valence-electron chi connectivity index (χ2n) is 7.67. The summed E-state index contributed by atoms with van der Waals surface area (Å²) in [6.45, 7) is 2.03. The van der Waals surface area contributed by atoms with Crippen molar-refractivity contribution in [3.63, 3.8) is 0 Å². The van der Waals surface area contributed by atoms with Crippen LogP contribution in [0.3, 0.4) is 0 Å². The highest BCUT2D eigenvalue weighted by atomic mass is 35.5. The Hall–Kier alpha value is -3.40. The van der Waals surface area contributed by atoms with Crippen LogP contribution in [-0.2, 0) is 4.79 Å². The monoisotopic (exact) mass is 544 g/mol. The first-order valence-electron chi connectivity index (χ1n) is 11.1. The van der Waals surface area contributed by atoms with Gasteiger partial charge in [0.2, 0.25) is 11.8 Å². The van der Waals surface area contributed by atoms with Crippen LogP contribution >= 0.6 is 34.5 Å². The van der Waals surface area contributed by atoms with E-state index in [1.807, 2.05) is 6.92 Å². The number of hydrogen-bond donors (Lipinski definition) is 2.